The van der Waals surface area contributed by atoms with Crippen LogP contribution in [0.3, 0.4) is 0 Å². The minimum atomic E-state index is 0.337. The maximum Gasteiger partial charge on any atom is 0.0717 e. The van der Waals surface area contributed by atoms with Crippen LogP contribution in [-0.4, -0.2) is 36.7 Å². The maximum absolute atomic E-state index is 5.98. The second kappa shape index (κ2) is 6.15. The van der Waals surface area contributed by atoms with Crippen LogP contribution in [0.1, 0.15) is 18.9 Å². The highest BCUT2D eigenvalue weighted by Crippen LogP contribution is 2.14. The van der Waals surface area contributed by atoms with Gasteiger partial charge >= 0.3 is 0 Å². The fourth-order valence-corrected chi connectivity index (χ4v) is 2.29. The lowest BCUT2D eigenvalue weighted by Crippen LogP contribution is -2.38. The van der Waals surface area contributed by atoms with Crippen molar-refractivity contribution in [2.75, 3.05) is 19.7 Å². The third kappa shape index (κ3) is 3.53. The number of hydrogen-bond acceptors (Lipinski definition) is 3. The third-order valence-corrected chi connectivity index (χ3v) is 3.58. The van der Waals surface area contributed by atoms with Crippen LogP contribution in [0.5, 0.6) is 0 Å². The van der Waals surface area contributed by atoms with E-state index in [9.17, 15) is 0 Å². The number of ether oxygens (including phenoxy) is 1. The molecule has 0 amide bonds. The molecule has 2 unspecified atom stereocenters. The molecule has 1 aromatic carbocycles. The van der Waals surface area contributed by atoms with Gasteiger partial charge in [0.2, 0.25) is 0 Å². The van der Waals surface area contributed by atoms with E-state index in [4.69, 9.17) is 10.5 Å². The summed E-state index contributed by atoms with van der Waals surface area (Å²) >= 11 is 0. The van der Waals surface area contributed by atoms with Gasteiger partial charge in [0.15, 0.2) is 0 Å². The molecule has 0 saturated carbocycles. The molecule has 1 heterocycles. The van der Waals surface area contributed by atoms with E-state index >= 15 is 0 Å². The van der Waals surface area contributed by atoms with Gasteiger partial charge < -0.3 is 10.5 Å². The van der Waals surface area contributed by atoms with Crippen LogP contribution in [0.15, 0.2) is 30.3 Å². The topological polar surface area (TPSA) is 38.5 Å². The van der Waals surface area contributed by atoms with E-state index in [1.807, 2.05) is 18.2 Å². The number of rotatable bonds is 5. The normalized spacial score (nSPS) is 25.3. The Bertz CT molecular complexity index is 328. The van der Waals surface area contributed by atoms with Gasteiger partial charge in [0.1, 0.15) is 0 Å². The van der Waals surface area contributed by atoms with Crippen molar-refractivity contribution in [1.29, 1.82) is 0 Å². The van der Waals surface area contributed by atoms with E-state index in [2.05, 4.69) is 24.0 Å². The SMILES string of the molecule is CC1C(N)CCN1CCOCc1ccccc1. The molecule has 1 saturated heterocycles. The van der Waals surface area contributed by atoms with Crippen LogP contribution >= 0.6 is 0 Å². The third-order valence-electron chi connectivity index (χ3n) is 3.58. The van der Waals surface area contributed by atoms with Crippen molar-refractivity contribution in [1.82, 2.24) is 4.90 Å². The van der Waals surface area contributed by atoms with Gasteiger partial charge in [0.25, 0.3) is 0 Å². The van der Waals surface area contributed by atoms with Crippen LogP contribution in [0.4, 0.5) is 0 Å². The fraction of sp³-hybridized carbons (Fsp3) is 0.571. The molecule has 1 fully saturated rings. The van der Waals surface area contributed by atoms with Crippen molar-refractivity contribution in [2.45, 2.75) is 32.0 Å². The molecule has 3 nitrogen and oxygen atoms in total. The summed E-state index contributed by atoms with van der Waals surface area (Å²) < 4.78 is 5.68. The van der Waals surface area contributed by atoms with E-state index in [1.54, 1.807) is 0 Å². The van der Waals surface area contributed by atoms with Gasteiger partial charge in [-0.05, 0) is 18.9 Å². The Morgan fingerprint density at radius 1 is 1.35 bits per heavy atom. The molecule has 1 aromatic rings. The van der Waals surface area contributed by atoms with Crippen molar-refractivity contribution >= 4 is 0 Å². The summed E-state index contributed by atoms with van der Waals surface area (Å²) in [6, 6.07) is 11.1. The molecule has 2 N–H and O–H groups in total. The lowest BCUT2D eigenvalue weighted by atomic mass is 10.2. The van der Waals surface area contributed by atoms with Gasteiger partial charge in [-0.15, -0.1) is 0 Å². The Labute approximate surface area is 104 Å². The van der Waals surface area contributed by atoms with Gasteiger partial charge in [-0.2, -0.15) is 0 Å². The van der Waals surface area contributed by atoms with E-state index in [0.29, 0.717) is 18.7 Å². The van der Waals surface area contributed by atoms with Crippen molar-refractivity contribution in [3.8, 4) is 0 Å². The van der Waals surface area contributed by atoms with E-state index < -0.39 is 0 Å². The number of benzene rings is 1. The number of nitrogens with two attached hydrogens (primary N) is 1. The molecular weight excluding hydrogens is 212 g/mol. The summed E-state index contributed by atoms with van der Waals surface area (Å²) in [6.07, 6.45) is 1.11. The lowest BCUT2D eigenvalue weighted by molar-refractivity contribution is 0.0899. The molecule has 2 atom stereocenters. The largest absolute Gasteiger partial charge is 0.375 e. The fourth-order valence-electron chi connectivity index (χ4n) is 2.29. The summed E-state index contributed by atoms with van der Waals surface area (Å²) in [4.78, 5) is 2.41. The van der Waals surface area contributed by atoms with Crippen LogP contribution in [0.2, 0.25) is 0 Å². The average molecular weight is 234 g/mol. The standard InChI is InChI=1S/C14H22N2O/c1-12-14(15)7-8-16(12)9-10-17-11-13-5-3-2-4-6-13/h2-6,12,14H,7-11,15H2,1H3. The zero-order chi connectivity index (χ0) is 12.1. The number of nitrogens with zero attached hydrogens (tertiary/aromatic N) is 1. The van der Waals surface area contributed by atoms with Gasteiger partial charge in [-0.1, -0.05) is 30.3 Å². The first-order valence-electron chi connectivity index (χ1n) is 6.38. The molecule has 1 aliphatic heterocycles. The molecule has 2 rings (SSSR count). The van der Waals surface area contributed by atoms with Gasteiger partial charge in [-0.3, -0.25) is 4.90 Å². The van der Waals surface area contributed by atoms with E-state index in [1.165, 1.54) is 5.56 Å². The molecule has 3 heteroatoms. The molecule has 17 heavy (non-hydrogen) atoms. The monoisotopic (exact) mass is 234 g/mol. The highest BCUT2D eigenvalue weighted by atomic mass is 16.5. The highest BCUT2D eigenvalue weighted by Gasteiger charge is 2.26. The van der Waals surface area contributed by atoms with Crippen molar-refractivity contribution in [3.05, 3.63) is 35.9 Å². The first-order valence-corrected chi connectivity index (χ1v) is 6.38. The second-order valence-corrected chi connectivity index (χ2v) is 4.77. The first kappa shape index (κ1) is 12.6. The molecule has 0 bridgehead atoms. The Morgan fingerprint density at radius 3 is 2.76 bits per heavy atom. The highest BCUT2D eigenvalue weighted by molar-refractivity contribution is 5.13. The molecule has 94 valence electrons. The van der Waals surface area contributed by atoms with Crippen LogP contribution in [0, 0.1) is 0 Å². The molecule has 0 spiro atoms. The summed E-state index contributed by atoms with van der Waals surface area (Å²) in [6.45, 7) is 5.79. The van der Waals surface area contributed by atoms with E-state index in [0.717, 1.165) is 26.1 Å². The molecule has 0 radical (unpaired) electrons. The van der Waals surface area contributed by atoms with Crippen LogP contribution in [-0.2, 0) is 11.3 Å². The average Bonchev–Trinajstić information content (AvgIpc) is 2.67. The minimum Gasteiger partial charge on any atom is -0.375 e. The quantitative estimate of drug-likeness (QED) is 0.787. The van der Waals surface area contributed by atoms with Gasteiger partial charge in [0, 0.05) is 25.2 Å². The van der Waals surface area contributed by atoms with Gasteiger partial charge in [0.05, 0.1) is 13.2 Å². The summed E-state index contributed by atoms with van der Waals surface area (Å²) in [5.74, 6) is 0. The Hall–Kier alpha value is -0.900. The number of hydrogen-bond donors (Lipinski definition) is 1. The predicted octanol–water partition coefficient (Wildman–Crippen LogP) is 1.62. The minimum absolute atomic E-state index is 0.337. The van der Waals surface area contributed by atoms with Crippen molar-refractivity contribution in [2.24, 2.45) is 5.73 Å². The zero-order valence-corrected chi connectivity index (χ0v) is 10.5. The van der Waals surface area contributed by atoms with Gasteiger partial charge in [-0.25, -0.2) is 0 Å². The number of likely N-dealkylation sites (tertiary alicyclic amines) is 1. The molecule has 1 aliphatic rings. The molecular formula is C14H22N2O. The predicted molar refractivity (Wildman–Crippen MR) is 69.7 cm³/mol. The molecule has 0 aromatic heterocycles. The Kier molecular flexibility index (Phi) is 4.54. The molecule has 0 aliphatic carbocycles. The first-order chi connectivity index (χ1) is 8.27. The van der Waals surface area contributed by atoms with E-state index in [-0.39, 0.29) is 0 Å². The van der Waals surface area contributed by atoms with Crippen molar-refractivity contribution in [3.63, 3.8) is 0 Å². The maximum atomic E-state index is 5.98. The lowest BCUT2D eigenvalue weighted by Gasteiger charge is -2.22. The Morgan fingerprint density at radius 2 is 2.12 bits per heavy atom. The van der Waals surface area contributed by atoms with Crippen LogP contribution < -0.4 is 5.73 Å². The van der Waals surface area contributed by atoms with Crippen LogP contribution in [0.25, 0.3) is 0 Å². The Balaban J connectivity index is 1.64. The second-order valence-electron chi connectivity index (χ2n) is 4.77. The zero-order valence-electron chi connectivity index (χ0n) is 10.5. The summed E-state index contributed by atoms with van der Waals surface area (Å²) in [5, 5.41) is 0. The summed E-state index contributed by atoms with van der Waals surface area (Å²) in [5.41, 5.74) is 7.22. The van der Waals surface area contributed by atoms with Crippen molar-refractivity contribution < 1.29 is 4.74 Å². The summed E-state index contributed by atoms with van der Waals surface area (Å²) in [7, 11) is 0. The smallest absolute Gasteiger partial charge is 0.0717 e.